The second-order valence-electron chi connectivity index (χ2n) is 7.76. The standard InChI is InChI=1S/C19H31N5O3/c1-6-7-9-20-16(25)14-11-15-17(26)23(5)19(4,12-24(15)22-14)18(27)21-10-8-13(2)3/h11,13H,6-10,12H2,1-5H3,(H,20,25)(H,21,27)/t19-/m1/s1. The number of aromatic nitrogens is 2. The van der Waals surface area contributed by atoms with Crippen LogP contribution in [0, 0.1) is 5.92 Å². The van der Waals surface area contributed by atoms with Crippen LogP contribution in [0.4, 0.5) is 0 Å². The molecule has 0 fully saturated rings. The molecule has 2 N–H and O–H groups in total. The molecule has 8 nitrogen and oxygen atoms in total. The minimum absolute atomic E-state index is 0.201. The molecular formula is C19H31N5O3. The average Bonchev–Trinajstić information content (AvgIpc) is 3.03. The molecule has 1 aliphatic heterocycles. The second kappa shape index (κ2) is 8.54. The molecule has 8 heteroatoms. The summed E-state index contributed by atoms with van der Waals surface area (Å²) in [5, 5.41) is 9.99. The maximum atomic E-state index is 12.8. The van der Waals surface area contributed by atoms with Crippen LogP contribution < -0.4 is 10.6 Å². The molecule has 1 atom stereocenters. The summed E-state index contributed by atoms with van der Waals surface area (Å²) in [7, 11) is 1.61. The van der Waals surface area contributed by atoms with Crippen molar-refractivity contribution in [3.63, 3.8) is 0 Å². The van der Waals surface area contributed by atoms with Crippen molar-refractivity contribution >= 4 is 17.7 Å². The first-order valence-electron chi connectivity index (χ1n) is 9.63. The summed E-state index contributed by atoms with van der Waals surface area (Å²) >= 11 is 0. The Kier molecular flexibility index (Phi) is 6.62. The Morgan fingerprint density at radius 2 is 2.00 bits per heavy atom. The van der Waals surface area contributed by atoms with E-state index in [9.17, 15) is 14.4 Å². The number of nitrogens with zero attached hydrogens (tertiary/aromatic N) is 3. The molecular weight excluding hydrogens is 346 g/mol. The van der Waals surface area contributed by atoms with Crippen molar-refractivity contribution in [1.82, 2.24) is 25.3 Å². The van der Waals surface area contributed by atoms with Crippen molar-refractivity contribution < 1.29 is 14.4 Å². The Hall–Kier alpha value is -2.38. The minimum Gasteiger partial charge on any atom is -0.354 e. The van der Waals surface area contributed by atoms with E-state index in [2.05, 4.69) is 29.6 Å². The van der Waals surface area contributed by atoms with E-state index in [1.165, 1.54) is 15.6 Å². The van der Waals surface area contributed by atoms with Crippen LogP contribution in [0.15, 0.2) is 6.07 Å². The van der Waals surface area contributed by atoms with E-state index in [0.717, 1.165) is 19.3 Å². The molecule has 0 bridgehead atoms. The van der Waals surface area contributed by atoms with Gasteiger partial charge < -0.3 is 15.5 Å². The van der Waals surface area contributed by atoms with E-state index < -0.39 is 5.54 Å². The monoisotopic (exact) mass is 377 g/mol. The third-order valence-corrected chi connectivity index (χ3v) is 5.05. The van der Waals surface area contributed by atoms with Gasteiger partial charge in [0.1, 0.15) is 11.2 Å². The Bertz CT molecular complexity index is 712. The number of likely N-dealkylation sites (N-methyl/N-ethyl adjacent to an activating group) is 1. The third-order valence-electron chi connectivity index (χ3n) is 5.05. The zero-order valence-corrected chi connectivity index (χ0v) is 17.0. The predicted octanol–water partition coefficient (Wildman–Crippen LogP) is 1.42. The van der Waals surface area contributed by atoms with Gasteiger partial charge in [-0.3, -0.25) is 19.1 Å². The molecule has 2 rings (SSSR count). The van der Waals surface area contributed by atoms with Gasteiger partial charge in [0.2, 0.25) is 5.91 Å². The fraction of sp³-hybridized carbons (Fsp3) is 0.684. The molecule has 0 aromatic carbocycles. The summed E-state index contributed by atoms with van der Waals surface area (Å²) in [5.41, 5.74) is -0.527. The number of hydrogen-bond acceptors (Lipinski definition) is 4. The van der Waals surface area contributed by atoms with E-state index in [0.29, 0.717) is 24.7 Å². The van der Waals surface area contributed by atoms with Crippen molar-refractivity contribution in [2.45, 2.75) is 59.0 Å². The number of amides is 3. The zero-order chi connectivity index (χ0) is 20.2. The first kappa shape index (κ1) is 20.9. The number of rotatable bonds is 8. The van der Waals surface area contributed by atoms with Crippen LogP contribution in [0.2, 0.25) is 0 Å². The average molecular weight is 377 g/mol. The molecule has 0 saturated heterocycles. The molecule has 27 heavy (non-hydrogen) atoms. The highest BCUT2D eigenvalue weighted by molar-refractivity contribution is 6.01. The molecule has 150 valence electrons. The first-order valence-corrected chi connectivity index (χ1v) is 9.63. The van der Waals surface area contributed by atoms with Gasteiger partial charge in [0.15, 0.2) is 5.69 Å². The number of carbonyl (C=O) groups is 3. The Morgan fingerprint density at radius 1 is 1.30 bits per heavy atom. The van der Waals surface area contributed by atoms with Crippen molar-refractivity contribution in [2.75, 3.05) is 20.1 Å². The van der Waals surface area contributed by atoms with E-state index in [4.69, 9.17) is 0 Å². The highest BCUT2D eigenvalue weighted by atomic mass is 16.2. The zero-order valence-electron chi connectivity index (χ0n) is 17.0. The maximum Gasteiger partial charge on any atom is 0.272 e. The van der Waals surface area contributed by atoms with Crippen LogP contribution in [-0.2, 0) is 11.3 Å². The first-order chi connectivity index (χ1) is 12.7. The molecule has 0 spiro atoms. The van der Waals surface area contributed by atoms with E-state index >= 15 is 0 Å². The second-order valence-corrected chi connectivity index (χ2v) is 7.76. The quantitative estimate of drug-likeness (QED) is 0.670. The molecule has 1 aromatic heterocycles. The molecule has 0 aliphatic carbocycles. The largest absolute Gasteiger partial charge is 0.354 e. The molecule has 2 heterocycles. The Morgan fingerprint density at radius 3 is 2.63 bits per heavy atom. The molecule has 0 unspecified atom stereocenters. The summed E-state index contributed by atoms with van der Waals surface area (Å²) in [4.78, 5) is 39.2. The lowest BCUT2D eigenvalue weighted by molar-refractivity contribution is -0.132. The highest BCUT2D eigenvalue weighted by Crippen LogP contribution is 2.26. The molecule has 3 amide bonds. The Balaban J connectivity index is 2.16. The van der Waals surface area contributed by atoms with Gasteiger partial charge in [0, 0.05) is 26.2 Å². The molecule has 1 aliphatic rings. The molecule has 1 aromatic rings. The Labute approximate surface area is 160 Å². The van der Waals surface area contributed by atoms with Crippen molar-refractivity contribution in [3.8, 4) is 0 Å². The van der Waals surface area contributed by atoms with Gasteiger partial charge in [-0.2, -0.15) is 5.10 Å². The molecule has 0 saturated carbocycles. The number of fused-ring (bicyclic) bond motifs is 1. The van der Waals surface area contributed by atoms with E-state index in [-0.39, 0.29) is 30.0 Å². The van der Waals surface area contributed by atoms with Gasteiger partial charge >= 0.3 is 0 Å². The minimum atomic E-state index is -1.05. The SMILES string of the molecule is CCCCNC(=O)c1cc2n(n1)C[C@](C)(C(=O)NCCC(C)C)N(C)C2=O. The van der Waals surface area contributed by atoms with Gasteiger partial charge in [-0.25, -0.2) is 0 Å². The van der Waals surface area contributed by atoms with Gasteiger partial charge in [0.25, 0.3) is 11.8 Å². The number of hydrogen-bond donors (Lipinski definition) is 2. The van der Waals surface area contributed by atoms with Crippen LogP contribution in [-0.4, -0.2) is 58.1 Å². The summed E-state index contributed by atoms with van der Waals surface area (Å²) in [6, 6.07) is 1.50. The van der Waals surface area contributed by atoms with Crippen LogP contribution in [0.5, 0.6) is 0 Å². The smallest absolute Gasteiger partial charge is 0.272 e. The van der Waals surface area contributed by atoms with Gasteiger partial charge in [-0.05, 0) is 25.7 Å². The lowest BCUT2D eigenvalue weighted by Gasteiger charge is -2.40. The van der Waals surface area contributed by atoms with Crippen LogP contribution >= 0.6 is 0 Å². The number of nitrogens with one attached hydrogen (secondary N) is 2. The summed E-state index contributed by atoms with van der Waals surface area (Å²) in [6.07, 6.45) is 2.73. The normalized spacial score (nSPS) is 19.2. The topological polar surface area (TPSA) is 96.3 Å². The predicted molar refractivity (Wildman–Crippen MR) is 102 cm³/mol. The van der Waals surface area contributed by atoms with Crippen LogP contribution in [0.1, 0.15) is 67.9 Å². The van der Waals surface area contributed by atoms with Crippen LogP contribution in [0.25, 0.3) is 0 Å². The fourth-order valence-electron chi connectivity index (χ4n) is 2.97. The number of carbonyl (C=O) groups excluding carboxylic acids is 3. The van der Waals surface area contributed by atoms with Crippen molar-refractivity contribution in [2.24, 2.45) is 5.92 Å². The third kappa shape index (κ3) is 4.48. The highest BCUT2D eigenvalue weighted by Gasteiger charge is 2.46. The summed E-state index contributed by atoms with van der Waals surface area (Å²) < 4.78 is 1.47. The lowest BCUT2D eigenvalue weighted by atomic mass is 9.95. The van der Waals surface area contributed by atoms with E-state index in [1.807, 2.05) is 6.92 Å². The summed E-state index contributed by atoms with van der Waals surface area (Å²) in [6.45, 7) is 9.29. The lowest BCUT2D eigenvalue weighted by Crippen LogP contribution is -2.62. The fourth-order valence-corrected chi connectivity index (χ4v) is 2.97. The summed E-state index contributed by atoms with van der Waals surface area (Å²) in [5.74, 6) is -0.351. The van der Waals surface area contributed by atoms with Gasteiger partial charge in [0.05, 0.1) is 6.54 Å². The maximum absolute atomic E-state index is 12.8. The van der Waals surface area contributed by atoms with Gasteiger partial charge in [-0.15, -0.1) is 0 Å². The molecule has 0 radical (unpaired) electrons. The van der Waals surface area contributed by atoms with Crippen LogP contribution in [0.3, 0.4) is 0 Å². The van der Waals surface area contributed by atoms with E-state index in [1.54, 1.807) is 14.0 Å². The number of unbranched alkanes of at least 4 members (excludes halogenated alkanes) is 1. The van der Waals surface area contributed by atoms with Crippen molar-refractivity contribution in [1.29, 1.82) is 0 Å². The van der Waals surface area contributed by atoms with Crippen molar-refractivity contribution in [3.05, 3.63) is 17.5 Å². The van der Waals surface area contributed by atoms with Gasteiger partial charge in [-0.1, -0.05) is 27.2 Å².